The molecule has 0 radical (unpaired) electrons. The van der Waals surface area contributed by atoms with E-state index in [2.05, 4.69) is 24.3 Å². The van der Waals surface area contributed by atoms with Crippen molar-refractivity contribution in [3.8, 4) is 0 Å². The molecule has 2 N–H and O–H groups in total. The second-order valence-electron chi connectivity index (χ2n) is 4.74. The fourth-order valence-corrected chi connectivity index (χ4v) is 3.74. The summed E-state index contributed by atoms with van der Waals surface area (Å²) in [7, 11) is 0. The van der Waals surface area contributed by atoms with Gasteiger partial charge < -0.3 is 5.73 Å². The van der Waals surface area contributed by atoms with E-state index in [9.17, 15) is 4.79 Å². The third-order valence-corrected chi connectivity index (χ3v) is 5.18. The molecular formula is C17H11Cl2NOS. The lowest BCUT2D eigenvalue weighted by Gasteiger charge is -2.09. The Morgan fingerprint density at radius 1 is 0.909 bits per heavy atom. The lowest BCUT2D eigenvalue weighted by atomic mass is 10.1. The van der Waals surface area contributed by atoms with Crippen LogP contribution < -0.4 is 5.73 Å². The Balaban J connectivity index is 1.99. The van der Waals surface area contributed by atoms with Crippen LogP contribution in [0, 0.1) is 0 Å². The van der Waals surface area contributed by atoms with E-state index in [0.717, 1.165) is 10.3 Å². The summed E-state index contributed by atoms with van der Waals surface area (Å²) in [4.78, 5) is 13.0. The van der Waals surface area contributed by atoms with Crippen molar-refractivity contribution in [1.29, 1.82) is 0 Å². The highest BCUT2D eigenvalue weighted by molar-refractivity contribution is 7.99. The fraction of sp³-hybridized carbons (Fsp3) is 0. The second kappa shape index (κ2) is 6.21. The van der Waals surface area contributed by atoms with Gasteiger partial charge >= 0.3 is 0 Å². The minimum absolute atomic E-state index is 0.304. The highest BCUT2D eigenvalue weighted by Crippen LogP contribution is 2.40. The van der Waals surface area contributed by atoms with Crippen LogP contribution in [0.5, 0.6) is 0 Å². The third-order valence-electron chi connectivity index (χ3n) is 3.22. The van der Waals surface area contributed by atoms with Crippen molar-refractivity contribution in [3.05, 3.63) is 70.2 Å². The summed E-state index contributed by atoms with van der Waals surface area (Å²) >= 11 is 13.9. The Morgan fingerprint density at radius 3 is 2.18 bits per heavy atom. The molecule has 0 atom stereocenters. The van der Waals surface area contributed by atoms with Crippen LogP contribution in [-0.2, 0) is 0 Å². The molecule has 0 bridgehead atoms. The van der Waals surface area contributed by atoms with Crippen LogP contribution in [0.4, 0.5) is 0 Å². The van der Waals surface area contributed by atoms with Gasteiger partial charge in [0.25, 0.3) is 0 Å². The SMILES string of the molecule is NC(=O)c1cc(Cl)c(Sc2ccc3ccccc3c2)c(Cl)c1. The highest BCUT2D eigenvalue weighted by Gasteiger charge is 2.12. The molecule has 0 heterocycles. The normalized spacial score (nSPS) is 10.8. The zero-order valence-electron chi connectivity index (χ0n) is 11.3. The largest absolute Gasteiger partial charge is 0.366 e. The standard InChI is InChI=1S/C17H11Cl2NOS/c18-14-8-12(17(20)21)9-15(19)16(14)22-13-6-5-10-3-1-2-4-11(10)7-13/h1-9H,(H2,20,21). The predicted molar refractivity (Wildman–Crippen MR) is 93.1 cm³/mol. The van der Waals surface area contributed by atoms with Crippen molar-refractivity contribution < 1.29 is 4.79 Å². The first-order valence-electron chi connectivity index (χ1n) is 6.50. The summed E-state index contributed by atoms with van der Waals surface area (Å²) in [6, 6.07) is 17.3. The topological polar surface area (TPSA) is 43.1 Å². The van der Waals surface area contributed by atoms with Crippen LogP contribution in [0.3, 0.4) is 0 Å². The van der Waals surface area contributed by atoms with E-state index in [0.29, 0.717) is 20.5 Å². The van der Waals surface area contributed by atoms with Gasteiger partial charge in [0.05, 0.1) is 10.0 Å². The number of fused-ring (bicyclic) bond motifs is 1. The van der Waals surface area contributed by atoms with Gasteiger partial charge in [-0.25, -0.2) is 0 Å². The Morgan fingerprint density at radius 2 is 1.55 bits per heavy atom. The number of amides is 1. The summed E-state index contributed by atoms with van der Waals surface area (Å²) in [6.07, 6.45) is 0. The quantitative estimate of drug-likeness (QED) is 0.689. The molecule has 2 nitrogen and oxygen atoms in total. The number of primary amides is 1. The molecule has 0 spiro atoms. The van der Waals surface area contributed by atoms with E-state index >= 15 is 0 Å². The van der Waals surface area contributed by atoms with Gasteiger partial charge in [-0.15, -0.1) is 0 Å². The van der Waals surface area contributed by atoms with Crippen molar-refractivity contribution in [1.82, 2.24) is 0 Å². The van der Waals surface area contributed by atoms with Gasteiger partial charge in [0.2, 0.25) is 5.91 Å². The van der Waals surface area contributed by atoms with E-state index in [1.807, 2.05) is 18.2 Å². The molecule has 110 valence electrons. The van der Waals surface area contributed by atoms with E-state index < -0.39 is 5.91 Å². The molecule has 1 amide bonds. The molecule has 0 saturated carbocycles. The maximum Gasteiger partial charge on any atom is 0.248 e. The van der Waals surface area contributed by atoms with E-state index in [-0.39, 0.29) is 0 Å². The first-order chi connectivity index (χ1) is 10.5. The molecule has 3 rings (SSSR count). The van der Waals surface area contributed by atoms with Gasteiger partial charge in [0.15, 0.2) is 0 Å². The van der Waals surface area contributed by atoms with Crippen molar-refractivity contribution in [2.24, 2.45) is 5.73 Å². The van der Waals surface area contributed by atoms with Gasteiger partial charge in [0.1, 0.15) is 0 Å². The van der Waals surface area contributed by atoms with Crippen molar-refractivity contribution in [3.63, 3.8) is 0 Å². The average Bonchev–Trinajstić information content (AvgIpc) is 2.50. The number of nitrogens with two attached hydrogens (primary N) is 1. The number of hydrogen-bond donors (Lipinski definition) is 1. The Hall–Kier alpha value is -1.68. The third kappa shape index (κ3) is 3.07. The number of halogens is 2. The number of hydrogen-bond acceptors (Lipinski definition) is 2. The van der Waals surface area contributed by atoms with Gasteiger partial charge in [-0.3, -0.25) is 4.79 Å². The van der Waals surface area contributed by atoms with Gasteiger partial charge in [-0.05, 0) is 35.0 Å². The Kier molecular flexibility index (Phi) is 4.30. The first-order valence-corrected chi connectivity index (χ1v) is 8.07. The molecule has 0 fully saturated rings. The van der Waals surface area contributed by atoms with Gasteiger partial charge in [-0.1, -0.05) is 65.3 Å². The molecule has 0 aliphatic carbocycles. The van der Waals surface area contributed by atoms with Crippen LogP contribution in [0.15, 0.2) is 64.4 Å². The Labute approximate surface area is 142 Å². The summed E-state index contributed by atoms with van der Waals surface area (Å²) in [5.74, 6) is -0.550. The number of rotatable bonds is 3. The van der Waals surface area contributed by atoms with E-state index in [4.69, 9.17) is 28.9 Å². The number of carbonyl (C=O) groups excluding carboxylic acids is 1. The lowest BCUT2D eigenvalue weighted by Crippen LogP contribution is -2.10. The molecule has 0 aliphatic rings. The average molecular weight is 348 g/mol. The maximum atomic E-state index is 11.2. The summed E-state index contributed by atoms with van der Waals surface area (Å²) in [5, 5.41) is 3.15. The highest BCUT2D eigenvalue weighted by atomic mass is 35.5. The Bertz CT molecular complexity index is 856. The number of carbonyl (C=O) groups is 1. The van der Waals surface area contributed by atoms with Crippen LogP contribution in [-0.4, -0.2) is 5.91 Å². The minimum atomic E-state index is -0.550. The van der Waals surface area contributed by atoms with Crippen LogP contribution in [0.1, 0.15) is 10.4 Å². The molecule has 0 aromatic heterocycles. The van der Waals surface area contributed by atoms with Crippen molar-refractivity contribution >= 4 is 51.6 Å². The molecular weight excluding hydrogens is 337 g/mol. The smallest absolute Gasteiger partial charge is 0.248 e. The van der Waals surface area contributed by atoms with Crippen LogP contribution >= 0.6 is 35.0 Å². The molecule has 0 aliphatic heterocycles. The predicted octanol–water partition coefficient (Wildman–Crippen LogP) is 5.40. The van der Waals surface area contributed by atoms with Crippen LogP contribution in [0.2, 0.25) is 10.0 Å². The van der Waals surface area contributed by atoms with Gasteiger partial charge in [-0.2, -0.15) is 0 Å². The zero-order valence-corrected chi connectivity index (χ0v) is 13.7. The maximum absolute atomic E-state index is 11.2. The fourth-order valence-electron chi connectivity index (χ4n) is 2.15. The molecule has 3 aromatic rings. The monoisotopic (exact) mass is 347 g/mol. The first kappa shape index (κ1) is 15.2. The van der Waals surface area contributed by atoms with Crippen molar-refractivity contribution in [2.45, 2.75) is 9.79 Å². The zero-order chi connectivity index (χ0) is 15.7. The van der Waals surface area contributed by atoms with E-state index in [1.54, 1.807) is 12.1 Å². The summed E-state index contributed by atoms with van der Waals surface area (Å²) in [5.41, 5.74) is 5.56. The van der Waals surface area contributed by atoms with Gasteiger partial charge in [0, 0.05) is 15.4 Å². The van der Waals surface area contributed by atoms with E-state index in [1.165, 1.54) is 17.1 Å². The van der Waals surface area contributed by atoms with Crippen molar-refractivity contribution in [2.75, 3.05) is 0 Å². The molecule has 3 aromatic carbocycles. The summed E-state index contributed by atoms with van der Waals surface area (Å²) in [6.45, 7) is 0. The number of benzene rings is 3. The molecule has 0 saturated heterocycles. The second-order valence-corrected chi connectivity index (χ2v) is 6.64. The summed E-state index contributed by atoms with van der Waals surface area (Å²) < 4.78 is 0. The molecule has 22 heavy (non-hydrogen) atoms. The van der Waals surface area contributed by atoms with Crippen LogP contribution in [0.25, 0.3) is 10.8 Å². The molecule has 5 heteroatoms. The molecule has 0 unspecified atom stereocenters. The minimum Gasteiger partial charge on any atom is -0.366 e. The lowest BCUT2D eigenvalue weighted by molar-refractivity contribution is 0.1000.